The van der Waals surface area contributed by atoms with Crippen molar-refractivity contribution in [1.82, 2.24) is 4.90 Å². The minimum absolute atomic E-state index is 0.222. The monoisotopic (exact) mass is 358 g/mol. The smallest absolute Gasteiger partial charge is 0.261 e. The molecule has 0 aromatic heterocycles. The number of hydrogen-bond acceptors (Lipinski definition) is 4. The second-order valence-corrected chi connectivity index (χ2v) is 6.09. The molecule has 7 heteroatoms. The summed E-state index contributed by atoms with van der Waals surface area (Å²) in [5.74, 6) is -0.787. The highest BCUT2D eigenvalue weighted by atomic mass is 35.5. The number of rotatable bonds is 3. The van der Waals surface area contributed by atoms with Crippen molar-refractivity contribution in [2.75, 3.05) is 19.5 Å². The Morgan fingerprint density at radius 3 is 2.48 bits per heavy atom. The number of carbonyl (C=O) groups is 3. The lowest BCUT2D eigenvalue weighted by atomic mass is 10.1. The van der Waals surface area contributed by atoms with Crippen LogP contribution < -0.4 is 10.1 Å². The number of amides is 3. The van der Waals surface area contributed by atoms with Gasteiger partial charge >= 0.3 is 0 Å². The highest BCUT2D eigenvalue weighted by molar-refractivity contribution is 6.31. The maximum Gasteiger partial charge on any atom is 0.261 e. The van der Waals surface area contributed by atoms with E-state index in [1.807, 2.05) is 6.92 Å². The molecule has 3 rings (SSSR count). The van der Waals surface area contributed by atoms with Crippen molar-refractivity contribution in [2.45, 2.75) is 6.92 Å². The Morgan fingerprint density at radius 2 is 1.80 bits per heavy atom. The fraction of sp³-hybridized carbons (Fsp3) is 0.167. The van der Waals surface area contributed by atoms with E-state index in [0.29, 0.717) is 22.0 Å². The number of nitrogens with one attached hydrogen (secondary N) is 1. The summed E-state index contributed by atoms with van der Waals surface area (Å²) in [6.07, 6.45) is 0. The lowest BCUT2D eigenvalue weighted by Crippen LogP contribution is -2.24. The molecule has 3 amide bonds. The summed E-state index contributed by atoms with van der Waals surface area (Å²) in [5.41, 5.74) is 2.04. The largest absolute Gasteiger partial charge is 0.495 e. The number of ether oxygens (including phenoxy) is 1. The maximum atomic E-state index is 12.5. The maximum absolute atomic E-state index is 12.5. The van der Waals surface area contributed by atoms with Gasteiger partial charge in [0.15, 0.2) is 0 Å². The molecule has 0 spiro atoms. The third kappa shape index (κ3) is 2.85. The number of methoxy groups -OCH3 is 1. The summed E-state index contributed by atoms with van der Waals surface area (Å²) < 4.78 is 5.23. The predicted octanol–water partition coefficient (Wildman–Crippen LogP) is 3.14. The minimum atomic E-state index is -0.422. The third-order valence-corrected chi connectivity index (χ3v) is 4.49. The summed E-state index contributed by atoms with van der Waals surface area (Å²) in [4.78, 5) is 37.5. The van der Waals surface area contributed by atoms with Crippen LogP contribution in [0, 0.1) is 6.92 Å². The van der Waals surface area contributed by atoms with Crippen LogP contribution >= 0.6 is 11.6 Å². The van der Waals surface area contributed by atoms with Crippen molar-refractivity contribution in [3.63, 3.8) is 0 Å². The van der Waals surface area contributed by atoms with E-state index < -0.39 is 11.8 Å². The summed E-state index contributed by atoms with van der Waals surface area (Å²) in [6.45, 7) is 1.81. The van der Waals surface area contributed by atoms with Gasteiger partial charge in [-0.1, -0.05) is 11.6 Å². The molecule has 128 valence electrons. The van der Waals surface area contributed by atoms with Crippen molar-refractivity contribution < 1.29 is 19.1 Å². The van der Waals surface area contributed by atoms with Crippen molar-refractivity contribution in [3.8, 4) is 5.75 Å². The second-order valence-electron chi connectivity index (χ2n) is 5.69. The summed E-state index contributed by atoms with van der Waals surface area (Å²) in [5, 5.41) is 3.27. The molecular weight excluding hydrogens is 344 g/mol. The zero-order valence-electron chi connectivity index (χ0n) is 13.8. The molecule has 2 aromatic rings. The minimum Gasteiger partial charge on any atom is -0.495 e. The SMILES string of the molecule is COc1cc(Cl)c(C)cc1NC(=O)c1ccc2c(c1)C(=O)N(C)C2=O. The molecule has 0 fully saturated rings. The number of carbonyl (C=O) groups excluding carboxylic acids is 3. The summed E-state index contributed by atoms with van der Waals surface area (Å²) >= 11 is 6.06. The number of anilines is 1. The zero-order valence-corrected chi connectivity index (χ0v) is 14.6. The first-order valence-corrected chi connectivity index (χ1v) is 7.83. The van der Waals surface area contributed by atoms with E-state index in [9.17, 15) is 14.4 Å². The van der Waals surface area contributed by atoms with Gasteiger partial charge < -0.3 is 10.1 Å². The lowest BCUT2D eigenvalue weighted by molar-refractivity contribution is 0.0693. The number of aryl methyl sites for hydroxylation is 1. The van der Waals surface area contributed by atoms with Gasteiger partial charge in [0, 0.05) is 23.7 Å². The van der Waals surface area contributed by atoms with E-state index in [1.54, 1.807) is 12.1 Å². The van der Waals surface area contributed by atoms with E-state index in [4.69, 9.17) is 16.3 Å². The Hall–Kier alpha value is -2.86. The van der Waals surface area contributed by atoms with Crippen molar-refractivity contribution in [3.05, 3.63) is 57.6 Å². The number of halogens is 1. The van der Waals surface area contributed by atoms with Gasteiger partial charge in [-0.25, -0.2) is 0 Å². The molecule has 0 unspecified atom stereocenters. The van der Waals surface area contributed by atoms with Crippen molar-refractivity contribution >= 4 is 35.0 Å². The molecule has 1 N–H and O–H groups in total. The molecule has 0 saturated heterocycles. The first-order valence-electron chi connectivity index (χ1n) is 7.45. The van der Waals surface area contributed by atoms with Crippen LogP contribution in [0.15, 0.2) is 30.3 Å². The van der Waals surface area contributed by atoms with Crippen LogP contribution in [-0.4, -0.2) is 36.8 Å². The van der Waals surface area contributed by atoms with Gasteiger partial charge in [0.1, 0.15) is 5.75 Å². The summed E-state index contributed by atoms with van der Waals surface area (Å²) in [7, 11) is 2.89. The molecule has 25 heavy (non-hydrogen) atoms. The van der Waals surface area contributed by atoms with Gasteiger partial charge in [0.05, 0.1) is 23.9 Å². The van der Waals surface area contributed by atoms with Gasteiger partial charge in [-0.2, -0.15) is 0 Å². The van der Waals surface area contributed by atoms with Gasteiger partial charge in [0.25, 0.3) is 17.7 Å². The van der Waals surface area contributed by atoms with Gasteiger partial charge in [-0.05, 0) is 36.8 Å². The Bertz CT molecular complexity index is 924. The molecule has 1 aliphatic heterocycles. The fourth-order valence-electron chi connectivity index (χ4n) is 2.63. The topological polar surface area (TPSA) is 75.7 Å². The Kier molecular flexibility index (Phi) is 4.22. The number of benzene rings is 2. The highest BCUT2D eigenvalue weighted by Crippen LogP contribution is 2.31. The molecule has 1 heterocycles. The average Bonchev–Trinajstić information content (AvgIpc) is 2.82. The van der Waals surface area contributed by atoms with Crippen LogP contribution in [0.2, 0.25) is 5.02 Å². The molecule has 0 radical (unpaired) electrons. The van der Waals surface area contributed by atoms with Crippen molar-refractivity contribution in [2.24, 2.45) is 0 Å². The van der Waals surface area contributed by atoms with Crippen LogP contribution in [-0.2, 0) is 0 Å². The average molecular weight is 359 g/mol. The van der Waals surface area contributed by atoms with Gasteiger partial charge in [0.2, 0.25) is 0 Å². The number of nitrogens with zero attached hydrogens (tertiary/aromatic N) is 1. The fourth-order valence-corrected chi connectivity index (χ4v) is 2.78. The van der Waals surface area contributed by atoms with E-state index in [-0.39, 0.29) is 17.0 Å². The number of imide groups is 1. The Balaban J connectivity index is 1.93. The zero-order chi connectivity index (χ0) is 18.3. The quantitative estimate of drug-likeness (QED) is 0.855. The molecule has 2 aromatic carbocycles. The molecule has 1 aliphatic rings. The van der Waals surface area contributed by atoms with Crippen LogP contribution in [0.5, 0.6) is 5.75 Å². The Morgan fingerprint density at radius 1 is 1.12 bits per heavy atom. The first kappa shape index (κ1) is 17.0. The van der Waals surface area contributed by atoms with Crippen molar-refractivity contribution in [1.29, 1.82) is 0 Å². The molecule has 0 aliphatic carbocycles. The molecular formula is C18H15ClN2O4. The molecule has 0 bridgehead atoms. The van der Waals surface area contributed by atoms with E-state index in [2.05, 4.69) is 5.32 Å². The summed E-state index contributed by atoms with van der Waals surface area (Å²) in [6, 6.07) is 7.73. The predicted molar refractivity (Wildman–Crippen MR) is 93.6 cm³/mol. The van der Waals surface area contributed by atoms with Gasteiger partial charge in [-0.15, -0.1) is 0 Å². The van der Waals surface area contributed by atoms with Crippen LogP contribution in [0.4, 0.5) is 5.69 Å². The standard InChI is InChI=1S/C18H15ClN2O4/c1-9-6-14(15(25-3)8-13(9)19)20-16(22)10-4-5-11-12(7-10)18(24)21(2)17(11)23/h4-8H,1-3H3,(H,20,22). The van der Waals surface area contributed by atoms with E-state index in [0.717, 1.165) is 10.5 Å². The normalized spacial score (nSPS) is 13.0. The highest BCUT2D eigenvalue weighted by Gasteiger charge is 2.33. The van der Waals surface area contributed by atoms with Crippen LogP contribution in [0.25, 0.3) is 0 Å². The van der Waals surface area contributed by atoms with Gasteiger partial charge in [-0.3, -0.25) is 19.3 Å². The van der Waals surface area contributed by atoms with Crippen LogP contribution in [0.1, 0.15) is 36.6 Å². The molecule has 0 saturated carbocycles. The number of fused-ring (bicyclic) bond motifs is 1. The second kappa shape index (κ2) is 6.22. The van der Waals surface area contributed by atoms with Crippen LogP contribution in [0.3, 0.4) is 0 Å². The third-order valence-electron chi connectivity index (χ3n) is 4.08. The van der Waals surface area contributed by atoms with E-state index >= 15 is 0 Å². The number of hydrogen-bond donors (Lipinski definition) is 1. The van der Waals surface area contributed by atoms with E-state index in [1.165, 1.54) is 32.4 Å². The molecule has 6 nitrogen and oxygen atoms in total. The molecule has 0 atom stereocenters. The lowest BCUT2D eigenvalue weighted by Gasteiger charge is -2.12. The Labute approximate surface area is 149 Å². The first-order chi connectivity index (χ1) is 11.8.